The van der Waals surface area contributed by atoms with Gasteiger partial charge in [-0.15, -0.1) is 17.0 Å². The van der Waals surface area contributed by atoms with Crippen LogP contribution < -0.4 is 4.74 Å². The Hall–Kier alpha value is -1.79. The number of halogens is 1. The minimum atomic E-state index is 0. The lowest BCUT2D eigenvalue weighted by molar-refractivity contribution is 0.102. The summed E-state index contributed by atoms with van der Waals surface area (Å²) in [5.41, 5.74) is 3.79. The predicted molar refractivity (Wildman–Crippen MR) is 104 cm³/mol. The van der Waals surface area contributed by atoms with Crippen molar-refractivity contribution in [1.82, 2.24) is 9.55 Å². The summed E-state index contributed by atoms with van der Waals surface area (Å²) in [5, 5.41) is 0.828. The maximum Gasteiger partial charge on any atom is 0.173 e. The maximum absolute atomic E-state index is 12.3. The molecule has 126 valence electrons. The minimum Gasteiger partial charge on any atom is -0.497 e. The Morgan fingerprint density at radius 1 is 1.21 bits per heavy atom. The second-order valence-electron chi connectivity index (χ2n) is 5.39. The van der Waals surface area contributed by atoms with Crippen molar-refractivity contribution in [3.63, 3.8) is 0 Å². The highest BCUT2D eigenvalue weighted by atomic mass is 79.9. The van der Waals surface area contributed by atoms with Crippen molar-refractivity contribution in [3.8, 4) is 5.75 Å². The molecule has 1 heterocycles. The van der Waals surface area contributed by atoms with Crippen molar-refractivity contribution >= 4 is 45.6 Å². The van der Waals surface area contributed by atoms with Gasteiger partial charge in [0.1, 0.15) is 5.75 Å². The first-order chi connectivity index (χ1) is 11.1. The van der Waals surface area contributed by atoms with Crippen LogP contribution in [0.25, 0.3) is 11.0 Å². The SMILES string of the molecule is Br.COc1ccc2c(c1)nc(SCC(=O)c1ccc(C)cc1)n2C. The molecule has 0 radical (unpaired) electrons. The maximum atomic E-state index is 12.3. The van der Waals surface area contributed by atoms with Crippen molar-refractivity contribution < 1.29 is 9.53 Å². The molecule has 0 unspecified atom stereocenters. The van der Waals surface area contributed by atoms with E-state index in [0.717, 1.165) is 33.1 Å². The van der Waals surface area contributed by atoms with E-state index >= 15 is 0 Å². The van der Waals surface area contributed by atoms with E-state index in [1.165, 1.54) is 11.8 Å². The number of hydrogen-bond donors (Lipinski definition) is 0. The van der Waals surface area contributed by atoms with Gasteiger partial charge >= 0.3 is 0 Å². The molecule has 4 nitrogen and oxygen atoms in total. The molecule has 24 heavy (non-hydrogen) atoms. The standard InChI is InChI=1S/C18H18N2O2S.BrH/c1-12-4-6-13(7-5-12)17(21)11-23-18-19-15-10-14(22-3)8-9-16(15)20(18)2;/h4-10H,11H2,1-3H3;1H. The van der Waals surface area contributed by atoms with E-state index in [1.54, 1.807) is 7.11 Å². The zero-order valence-corrected chi connectivity index (χ0v) is 16.3. The molecule has 0 fully saturated rings. The van der Waals surface area contributed by atoms with Crippen LogP contribution in [0.5, 0.6) is 5.75 Å². The number of carbonyl (C=O) groups is 1. The van der Waals surface area contributed by atoms with Crippen LogP contribution in [0.4, 0.5) is 0 Å². The Morgan fingerprint density at radius 2 is 1.92 bits per heavy atom. The molecule has 0 atom stereocenters. The summed E-state index contributed by atoms with van der Waals surface area (Å²) in [4.78, 5) is 16.9. The number of nitrogens with zero attached hydrogens (tertiary/aromatic N) is 2. The van der Waals surface area contributed by atoms with Crippen LogP contribution in [0.2, 0.25) is 0 Å². The summed E-state index contributed by atoms with van der Waals surface area (Å²) in [6.45, 7) is 2.01. The van der Waals surface area contributed by atoms with Gasteiger partial charge in [-0.3, -0.25) is 4.79 Å². The number of rotatable bonds is 5. The molecule has 1 aromatic heterocycles. The van der Waals surface area contributed by atoms with Gasteiger partial charge in [0.2, 0.25) is 0 Å². The Morgan fingerprint density at radius 3 is 2.58 bits per heavy atom. The minimum absolute atomic E-state index is 0. The number of methoxy groups -OCH3 is 1. The molecule has 0 amide bonds. The Kier molecular flexibility index (Phi) is 6.07. The van der Waals surface area contributed by atoms with Crippen molar-refractivity contribution in [2.45, 2.75) is 12.1 Å². The first-order valence-electron chi connectivity index (χ1n) is 7.31. The molecule has 0 spiro atoms. The van der Waals surface area contributed by atoms with Gasteiger partial charge in [-0.05, 0) is 19.1 Å². The number of imidazole rings is 1. The zero-order valence-electron chi connectivity index (χ0n) is 13.8. The summed E-state index contributed by atoms with van der Waals surface area (Å²) < 4.78 is 7.23. The fourth-order valence-electron chi connectivity index (χ4n) is 2.37. The monoisotopic (exact) mass is 406 g/mol. The van der Waals surface area contributed by atoms with Crippen LogP contribution in [0.15, 0.2) is 47.6 Å². The number of aromatic nitrogens is 2. The number of fused-ring (bicyclic) bond motifs is 1. The molecule has 0 saturated carbocycles. The average molecular weight is 407 g/mol. The first-order valence-corrected chi connectivity index (χ1v) is 8.30. The number of Topliss-reactive ketones (excluding diaryl/α,β-unsaturated/α-hetero) is 1. The molecule has 0 aliphatic rings. The third-order valence-electron chi connectivity index (χ3n) is 3.75. The van der Waals surface area contributed by atoms with Crippen LogP contribution in [0, 0.1) is 6.92 Å². The number of benzene rings is 2. The van der Waals surface area contributed by atoms with Gasteiger partial charge in [0.25, 0.3) is 0 Å². The van der Waals surface area contributed by atoms with Gasteiger partial charge in [-0.2, -0.15) is 0 Å². The van der Waals surface area contributed by atoms with Gasteiger partial charge in [0.05, 0.1) is 23.9 Å². The largest absolute Gasteiger partial charge is 0.497 e. The lowest BCUT2D eigenvalue weighted by Gasteiger charge is -2.03. The highest BCUT2D eigenvalue weighted by Gasteiger charge is 2.12. The van der Waals surface area contributed by atoms with Gasteiger partial charge in [-0.1, -0.05) is 41.6 Å². The second kappa shape index (κ2) is 7.85. The van der Waals surface area contributed by atoms with Crippen molar-refractivity contribution in [1.29, 1.82) is 0 Å². The summed E-state index contributed by atoms with van der Waals surface area (Å²) in [5.74, 6) is 1.26. The van der Waals surface area contributed by atoms with Crippen LogP contribution in [-0.4, -0.2) is 28.2 Å². The quantitative estimate of drug-likeness (QED) is 0.463. The Bertz CT molecular complexity index is 859. The molecule has 0 saturated heterocycles. The van der Waals surface area contributed by atoms with Crippen LogP contribution in [0.3, 0.4) is 0 Å². The first kappa shape index (κ1) is 18.5. The van der Waals surface area contributed by atoms with Crippen LogP contribution in [0.1, 0.15) is 15.9 Å². The normalized spacial score (nSPS) is 10.5. The Labute approximate surface area is 156 Å². The summed E-state index contributed by atoms with van der Waals surface area (Å²) in [7, 11) is 3.60. The summed E-state index contributed by atoms with van der Waals surface area (Å²) in [6, 6.07) is 13.5. The van der Waals surface area contributed by atoms with E-state index in [1.807, 2.05) is 61.0 Å². The number of ketones is 1. The van der Waals surface area contributed by atoms with Gasteiger partial charge < -0.3 is 9.30 Å². The molecular weight excluding hydrogens is 388 g/mol. The van der Waals surface area contributed by atoms with Crippen molar-refractivity contribution in [2.75, 3.05) is 12.9 Å². The van der Waals surface area contributed by atoms with E-state index < -0.39 is 0 Å². The highest BCUT2D eigenvalue weighted by molar-refractivity contribution is 8.93. The topological polar surface area (TPSA) is 44.1 Å². The van der Waals surface area contributed by atoms with Crippen LogP contribution in [-0.2, 0) is 7.05 Å². The predicted octanol–water partition coefficient (Wildman–Crippen LogP) is 4.44. The molecule has 0 aliphatic heterocycles. The number of thioether (sulfide) groups is 1. The molecule has 2 aromatic carbocycles. The third kappa shape index (κ3) is 3.82. The third-order valence-corrected chi connectivity index (χ3v) is 4.78. The van der Waals surface area contributed by atoms with E-state index in [2.05, 4.69) is 4.98 Å². The zero-order chi connectivity index (χ0) is 16.4. The fourth-order valence-corrected chi connectivity index (χ4v) is 3.25. The van der Waals surface area contributed by atoms with Crippen molar-refractivity contribution in [3.05, 3.63) is 53.6 Å². The summed E-state index contributed by atoms with van der Waals surface area (Å²) >= 11 is 1.45. The van der Waals surface area contributed by atoms with E-state index in [9.17, 15) is 4.79 Å². The molecule has 0 aliphatic carbocycles. The average Bonchev–Trinajstić information content (AvgIpc) is 2.88. The molecule has 6 heteroatoms. The van der Waals surface area contributed by atoms with Gasteiger partial charge in [0, 0.05) is 18.7 Å². The lowest BCUT2D eigenvalue weighted by Crippen LogP contribution is -2.03. The Balaban J connectivity index is 0.00000208. The highest BCUT2D eigenvalue weighted by Crippen LogP contribution is 2.26. The number of hydrogen-bond acceptors (Lipinski definition) is 4. The van der Waals surface area contributed by atoms with Gasteiger partial charge in [-0.25, -0.2) is 4.98 Å². The number of aryl methyl sites for hydroxylation is 2. The van der Waals surface area contributed by atoms with E-state index in [0.29, 0.717) is 5.75 Å². The number of carbonyl (C=O) groups excluding carboxylic acids is 1. The molecule has 3 aromatic rings. The molecule has 0 bridgehead atoms. The van der Waals surface area contributed by atoms with Gasteiger partial charge in [0.15, 0.2) is 10.9 Å². The smallest absolute Gasteiger partial charge is 0.173 e. The van der Waals surface area contributed by atoms with Crippen molar-refractivity contribution in [2.24, 2.45) is 7.05 Å². The lowest BCUT2D eigenvalue weighted by atomic mass is 10.1. The summed E-state index contributed by atoms with van der Waals surface area (Å²) in [6.07, 6.45) is 0. The van der Waals surface area contributed by atoms with Crippen LogP contribution >= 0.6 is 28.7 Å². The molecule has 0 N–H and O–H groups in total. The second-order valence-corrected chi connectivity index (χ2v) is 6.33. The van der Waals surface area contributed by atoms with E-state index in [-0.39, 0.29) is 22.8 Å². The molecule has 3 rings (SSSR count). The molecular formula is C18H19BrN2O2S. The number of ether oxygens (including phenoxy) is 1. The van der Waals surface area contributed by atoms with E-state index in [4.69, 9.17) is 4.74 Å². The fraction of sp³-hybridized carbons (Fsp3) is 0.222.